The van der Waals surface area contributed by atoms with E-state index in [-0.39, 0.29) is 11.8 Å². The van der Waals surface area contributed by atoms with Gasteiger partial charge in [-0.15, -0.1) is 0 Å². The summed E-state index contributed by atoms with van der Waals surface area (Å²) in [4.78, 5) is -0.545. The van der Waals surface area contributed by atoms with Crippen molar-refractivity contribution in [2.75, 3.05) is 0 Å². The summed E-state index contributed by atoms with van der Waals surface area (Å²) < 4.78 is 83.6. The first-order chi connectivity index (χ1) is 11.2. The van der Waals surface area contributed by atoms with Crippen molar-refractivity contribution in [3.63, 3.8) is 0 Å². The molecule has 0 aliphatic heterocycles. The van der Waals surface area contributed by atoms with E-state index in [0.717, 1.165) is 24.1 Å². The van der Waals surface area contributed by atoms with Crippen LogP contribution in [0.2, 0.25) is 0 Å². The van der Waals surface area contributed by atoms with Gasteiger partial charge in [0.2, 0.25) is 0 Å². The van der Waals surface area contributed by atoms with Crippen LogP contribution < -0.4 is 4.13 Å². The Morgan fingerprint density at radius 1 is 0.960 bits per heavy atom. The first-order valence-corrected chi connectivity index (χ1v) is 10.6. The SMILES string of the molecule is CC(C)CC(c1ccc(S(=O)(=O)NS(=O)(=O)C(F)(F)F)cc1)C(C)C. The average Bonchev–Trinajstić information content (AvgIpc) is 2.42. The van der Waals surface area contributed by atoms with Crippen molar-refractivity contribution in [2.45, 2.75) is 50.4 Å². The average molecular weight is 401 g/mol. The van der Waals surface area contributed by atoms with Crippen molar-refractivity contribution in [1.29, 1.82) is 0 Å². The van der Waals surface area contributed by atoms with Gasteiger partial charge in [-0.25, -0.2) is 16.8 Å². The zero-order valence-corrected chi connectivity index (χ0v) is 16.0. The molecule has 0 bridgehead atoms. The number of rotatable bonds is 7. The maximum absolute atomic E-state index is 12.3. The number of hydrogen-bond acceptors (Lipinski definition) is 4. The summed E-state index contributed by atoms with van der Waals surface area (Å²) in [5.41, 5.74) is -4.86. The van der Waals surface area contributed by atoms with Gasteiger partial charge in [0.15, 0.2) is 0 Å². The van der Waals surface area contributed by atoms with Gasteiger partial charge in [0.05, 0.1) is 4.90 Å². The first kappa shape index (κ1) is 21.9. The Kier molecular flexibility index (Phi) is 6.69. The molecule has 1 atom stereocenters. The topological polar surface area (TPSA) is 80.3 Å². The summed E-state index contributed by atoms with van der Waals surface area (Å²) in [6.45, 7) is 8.16. The van der Waals surface area contributed by atoms with E-state index >= 15 is 0 Å². The van der Waals surface area contributed by atoms with E-state index in [4.69, 9.17) is 0 Å². The third kappa shape index (κ3) is 5.68. The lowest BCUT2D eigenvalue weighted by Gasteiger charge is -2.23. The van der Waals surface area contributed by atoms with Gasteiger partial charge in [0, 0.05) is 0 Å². The lowest BCUT2D eigenvalue weighted by atomic mass is 9.82. The molecule has 10 heteroatoms. The maximum atomic E-state index is 12.3. The minimum atomic E-state index is -6.00. The van der Waals surface area contributed by atoms with Crippen molar-refractivity contribution in [3.8, 4) is 0 Å². The second-order valence-electron chi connectivity index (χ2n) is 6.59. The van der Waals surface area contributed by atoms with Crippen LogP contribution in [-0.2, 0) is 20.0 Å². The van der Waals surface area contributed by atoms with Gasteiger partial charge < -0.3 is 0 Å². The molecule has 1 aromatic rings. The molecular weight excluding hydrogens is 379 g/mol. The van der Waals surface area contributed by atoms with Gasteiger partial charge in [-0.05, 0) is 41.9 Å². The fraction of sp³-hybridized carbons (Fsp3) is 0.600. The van der Waals surface area contributed by atoms with Crippen molar-refractivity contribution in [1.82, 2.24) is 4.13 Å². The first-order valence-electron chi connectivity index (χ1n) is 7.62. The van der Waals surface area contributed by atoms with E-state index in [1.165, 1.54) is 12.1 Å². The van der Waals surface area contributed by atoms with E-state index in [1.807, 2.05) is 13.8 Å². The Hall–Kier alpha value is -1.13. The molecule has 5 nitrogen and oxygen atoms in total. The third-order valence-electron chi connectivity index (χ3n) is 3.67. The minimum Gasteiger partial charge on any atom is -0.206 e. The van der Waals surface area contributed by atoms with Crippen LogP contribution in [0.5, 0.6) is 0 Å². The molecule has 1 unspecified atom stereocenters. The molecular formula is C15H22F3NO4S2. The van der Waals surface area contributed by atoms with Gasteiger partial charge in [-0.1, -0.05) is 44.0 Å². The molecule has 0 aromatic heterocycles. The molecule has 0 aliphatic carbocycles. The second kappa shape index (κ2) is 7.63. The lowest BCUT2D eigenvalue weighted by Crippen LogP contribution is -2.40. The van der Waals surface area contributed by atoms with Crippen LogP contribution in [0.25, 0.3) is 0 Å². The molecule has 144 valence electrons. The summed E-state index contributed by atoms with van der Waals surface area (Å²) >= 11 is 0. The molecule has 0 saturated heterocycles. The van der Waals surface area contributed by atoms with Crippen molar-refractivity contribution in [3.05, 3.63) is 29.8 Å². The predicted molar refractivity (Wildman–Crippen MR) is 88.8 cm³/mol. The molecule has 25 heavy (non-hydrogen) atoms. The largest absolute Gasteiger partial charge is 0.512 e. The highest BCUT2D eigenvalue weighted by Crippen LogP contribution is 2.31. The molecule has 1 N–H and O–H groups in total. The summed E-state index contributed by atoms with van der Waals surface area (Å²) in [7, 11) is -10.8. The van der Waals surface area contributed by atoms with Crippen LogP contribution in [0.15, 0.2) is 29.2 Å². The van der Waals surface area contributed by atoms with Crippen LogP contribution in [0.1, 0.15) is 45.6 Å². The van der Waals surface area contributed by atoms with Crippen LogP contribution in [0.3, 0.4) is 0 Å². The zero-order chi connectivity index (χ0) is 19.6. The Morgan fingerprint density at radius 3 is 1.80 bits per heavy atom. The van der Waals surface area contributed by atoms with Crippen LogP contribution in [0, 0.1) is 11.8 Å². The van der Waals surface area contributed by atoms with E-state index in [9.17, 15) is 30.0 Å². The number of nitrogens with one attached hydrogen (secondary N) is 1. The fourth-order valence-electron chi connectivity index (χ4n) is 2.43. The van der Waals surface area contributed by atoms with E-state index in [0.29, 0.717) is 10.0 Å². The van der Waals surface area contributed by atoms with Gasteiger partial charge in [0.1, 0.15) is 0 Å². The molecule has 1 rings (SSSR count). The van der Waals surface area contributed by atoms with Crippen LogP contribution >= 0.6 is 0 Å². The van der Waals surface area contributed by atoms with Crippen molar-refractivity contribution in [2.24, 2.45) is 11.8 Å². The molecule has 0 amide bonds. The smallest absolute Gasteiger partial charge is 0.206 e. The highest BCUT2D eigenvalue weighted by atomic mass is 32.3. The Balaban J connectivity index is 3.13. The van der Waals surface area contributed by atoms with Crippen molar-refractivity contribution < 1.29 is 30.0 Å². The van der Waals surface area contributed by atoms with Gasteiger partial charge in [-0.2, -0.15) is 13.2 Å². The van der Waals surface area contributed by atoms with Crippen molar-refractivity contribution >= 4 is 20.0 Å². The summed E-state index contributed by atoms with van der Waals surface area (Å²) in [5.74, 6) is 0.853. The number of hydrogen-bond donors (Lipinski definition) is 1. The zero-order valence-electron chi connectivity index (χ0n) is 14.3. The standard InChI is InChI=1S/C15H22F3NO4S2/c1-10(2)9-14(11(3)4)12-5-7-13(8-6-12)24(20,21)19-25(22,23)15(16,17)18/h5-8,10-11,14,19H,9H2,1-4H3. The summed E-state index contributed by atoms with van der Waals surface area (Å²) in [5, 5.41) is 0. The normalized spacial score (nSPS) is 14.9. The molecule has 0 heterocycles. The van der Waals surface area contributed by atoms with Gasteiger partial charge >= 0.3 is 15.5 Å². The molecule has 1 aromatic carbocycles. The highest BCUT2D eigenvalue weighted by molar-refractivity contribution is 8.05. The van der Waals surface area contributed by atoms with Gasteiger partial charge in [-0.3, -0.25) is 0 Å². The van der Waals surface area contributed by atoms with E-state index in [1.54, 1.807) is 0 Å². The number of sulfonamides is 2. The highest BCUT2D eigenvalue weighted by Gasteiger charge is 2.48. The quantitative estimate of drug-likeness (QED) is 0.757. The molecule has 0 spiro atoms. The minimum absolute atomic E-state index is 0.156. The van der Waals surface area contributed by atoms with Crippen LogP contribution in [-0.4, -0.2) is 22.3 Å². The maximum Gasteiger partial charge on any atom is 0.512 e. The second-order valence-corrected chi connectivity index (χ2v) is 10.2. The lowest BCUT2D eigenvalue weighted by molar-refractivity contribution is -0.0441. The van der Waals surface area contributed by atoms with E-state index < -0.39 is 30.5 Å². The number of alkyl halides is 3. The number of halogens is 3. The van der Waals surface area contributed by atoms with E-state index in [2.05, 4.69) is 13.8 Å². The molecule has 0 saturated carbocycles. The summed E-state index contributed by atoms with van der Waals surface area (Å²) in [6.07, 6.45) is 0.866. The Bertz CT molecular complexity index is 783. The summed E-state index contributed by atoms with van der Waals surface area (Å²) in [6, 6.07) is 5.22. The predicted octanol–water partition coefficient (Wildman–Crippen LogP) is 3.60. The monoisotopic (exact) mass is 401 g/mol. The van der Waals surface area contributed by atoms with Gasteiger partial charge in [0.25, 0.3) is 10.0 Å². The van der Waals surface area contributed by atoms with Crippen LogP contribution in [0.4, 0.5) is 13.2 Å². The Labute approximate surface area is 146 Å². The third-order valence-corrected chi connectivity index (χ3v) is 6.93. The molecule has 0 radical (unpaired) electrons. The Morgan fingerprint density at radius 2 is 1.44 bits per heavy atom. The molecule has 0 fully saturated rings. The molecule has 0 aliphatic rings. The number of benzene rings is 1. The fourth-order valence-corrected chi connectivity index (χ4v) is 4.85.